The van der Waals surface area contributed by atoms with E-state index in [9.17, 15) is 4.79 Å². The van der Waals surface area contributed by atoms with E-state index >= 15 is 0 Å². The molecule has 1 aliphatic carbocycles. The van der Waals surface area contributed by atoms with E-state index in [1.807, 2.05) is 6.07 Å². The average molecular weight is 243 g/mol. The summed E-state index contributed by atoms with van der Waals surface area (Å²) >= 11 is 0. The second-order valence-electron chi connectivity index (χ2n) is 4.38. The van der Waals surface area contributed by atoms with Crippen LogP contribution in [0.4, 0.5) is 5.82 Å². The van der Waals surface area contributed by atoms with Crippen LogP contribution in [0.5, 0.6) is 0 Å². The van der Waals surface area contributed by atoms with Crippen LogP contribution >= 0.6 is 0 Å². The molecule has 1 fully saturated rings. The van der Waals surface area contributed by atoms with E-state index in [1.165, 1.54) is 0 Å². The van der Waals surface area contributed by atoms with Gasteiger partial charge in [0.05, 0.1) is 6.54 Å². The van der Waals surface area contributed by atoms with Gasteiger partial charge in [-0.1, -0.05) is 24.8 Å². The zero-order valence-electron chi connectivity index (χ0n) is 10.3. The highest BCUT2D eigenvalue weighted by Crippen LogP contribution is 2.25. The smallest absolute Gasteiger partial charge is 0.228 e. The van der Waals surface area contributed by atoms with Gasteiger partial charge < -0.3 is 11.1 Å². The van der Waals surface area contributed by atoms with Gasteiger partial charge in [-0.2, -0.15) is 0 Å². The maximum atomic E-state index is 11.9. The molecule has 1 aliphatic rings. The number of nitrogens with two attached hydrogens (primary N) is 1. The molecular formula is C14H17N3O. The van der Waals surface area contributed by atoms with Gasteiger partial charge in [-0.15, -0.1) is 0 Å². The molecule has 0 unspecified atom stereocenters. The molecule has 0 aromatic carbocycles. The lowest BCUT2D eigenvalue weighted by atomic mass is 10.1. The third-order valence-electron chi connectivity index (χ3n) is 3.04. The number of carbonyl (C=O) groups excluding carboxylic acids is 1. The summed E-state index contributed by atoms with van der Waals surface area (Å²) in [7, 11) is 0. The number of carbonyl (C=O) groups is 1. The Bertz CT molecular complexity index is 481. The molecule has 3 N–H and O–H groups in total. The molecule has 1 aromatic rings. The predicted octanol–water partition coefficient (Wildman–Crippen LogP) is 1.52. The van der Waals surface area contributed by atoms with E-state index in [2.05, 4.69) is 22.1 Å². The molecule has 1 amide bonds. The minimum atomic E-state index is 0.0731. The van der Waals surface area contributed by atoms with Crippen molar-refractivity contribution in [1.29, 1.82) is 0 Å². The number of pyridine rings is 1. The van der Waals surface area contributed by atoms with Gasteiger partial charge in [0.1, 0.15) is 11.5 Å². The lowest BCUT2D eigenvalue weighted by molar-refractivity contribution is -0.119. The molecule has 94 valence electrons. The van der Waals surface area contributed by atoms with Crippen LogP contribution in [0.25, 0.3) is 0 Å². The quantitative estimate of drug-likeness (QED) is 0.774. The van der Waals surface area contributed by atoms with E-state index in [0.29, 0.717) is 18.1 Å². The van der Waals surface area contributed by atoms with Crippen molar-refractivity contribution in [2.75, 3.05) is 11.9 Å². The van der Waals surface area contributed by atoms with E-state index in [4.69, 9.17) is 5.73 Å². The summed E-state index contributed by atoms with van der Waals surface area (Å²) < 4.78 is 0. The van der Waals surface area contributed by atoms with Crippen molar-refractivity contribution in [1.82, 2.24) is 4.98 Å². The van der Waals surface area contributed by atoms with Gasteiger partial charge in [0.25, 0.3) is 0 Å². The maximum absolute atomic E-state index is 11.9. The van der Waals surface area contributed by atoms with Crippen molar-refractivity contribution >= 4 is 11.7 Å². The Kier molecular flexibility index (Phi) is 4.32. The molecule has 0 radical (unpaired) electrons. The molecule has 1 saturated carbocycles. The number of nitrogens with zero attached hydrogens (tertiary/aromatic N) is 1. The summed E-state index contributed by atoms with van der Waals surface area (Å²) in [5.41, 5.74) is 5.94. The molecule has 0 bridgehead atoms. The molecule has 0 aliphatic heterocycles. The van der Waals surface area contributed by atoms with Crippen molar-refractivity contribution in [2.24, 2.45) is 11.7 Å². The van der Waals surface area contributed by atoms with Crippen LogP contribution in [0.2, 0.25) is 0 Å². The number of nitrogens with one attached hydrogen (secondary N) is 1. The third-order valence-corrected chi connectivity index (χ3v) is 3.04. The van der Waals surface area contributed by atoms with Gasteiger partial charge in [0.2, 0.25) is 5.91 Å². The summed E-state index contributed by atoms with van der Waals surface area (Å²) in [6, 6.07) is 5.41. The zero-order valence-corrected chi connectivity index (χ0v) is 10.3. The molecule has 0 spiro atoms. The molecule has 0 saturated heterocycles. The topological polar surface area (TPSA) is 68.0 Å². The summed E-state index contributed by atoms with van der Waals surface area (Å²) in [5.74, 6) is 6.38. The average Bonchev–Trinajstić information content (AvgIpc) is 2.91. The van der Waals surface area contributed by atoms with Gasteiger partial charge in [-0.25, -0.2) is 4.98 Å². The third kappa shape index (κ3) is 3.31. The summed E-state index contributed by atoms with van der Waals surface area (Å²) in [5, 5.41) is 2.85. The van der Waals surface area contributed by atoms with Crippen LogP contribution in [0.15, 0.2) is 18.2 Å². The van der Waals surface area contributed by atoms with Crippen molar-refractivity contribution in [3.63, 3.8) is 0 Å². The second-order valence-corrected chi connectivity index (χ2v) is 4.38. The van der Waals surface area contributed by atoms with E-state index in [0.717, 1.165) is 25.7 Å². The van der Waals surface area contributed by atoms with Crippen LogP contribution in [-0.2, 0) is 4.79 Å². The van der Waals surface area contributed by atoms with E-state index in [-0.39, 0.29) is 11.8 Å². The lowest BCUT2D eigenvalue weighted by Gasteiger charge is -2.09. The Labute approximate surface area is 107 Å². The Morgan fingerprint density at radius 1 is 1.44 bits per heavy atom. The number of anilines is 1. The van der Waals surface area contributed by atoms with Crippen LogP contribution in [0, 0.1) is 17.8 Å². The fraction of sp³-hybridized carbons (Fsp3) is 0.429. The highest BCUT2D eigenvalue weighted by Gasteiger charge is 2.22. The van der Waals surface area contributed by atoms with E-state index in [1.54, 1.807) is 12.1 Å². The fourth-order valence-electron chi connectivity index (χ4n) is 2.13. The summed E-state index contributed by atoms with van der Waals surface area (Å²) in [6.07, 6.45) is 4.26. The predicted molar refractivity (Wildman–Crippen MR) is 70.8 cm³/mol. The first-order valence-corrected chi connectivity index (χ1v) is 6.26. The van der Waals surface area contributed by atoms with Crippen molar-refractivity contribution in [2.45, 2.75) is 25.7 Å². The largest absolute Gasteiger partial charge is 0.320 e. The van der Waals surface area contributed by atoms with Crippen molar-refractivity contribution < 1.29 is 4.79 Å². The summed E-state index contributed by atoms with van der Waals surface area (Å²) in [6.45, 7) is 0.306. The number of hydrogen-bond acceptors (Lipinski definition) is 3. The molecule has 18 heavy (non-hydrogen) atoms. The zero-order chi connectivity index (χ0) is 12.8. The first-order valence-electron chi connectivity index (χ1n) is 6.26. The second kappa shape index (κ2) is 6.18. The standard InChI is InChI=1S/C14H17N3O/c15-10-4-8-12-7-3-9-13(16-12)17-14(18)11-5-1-2-6-11/h3,7,9,11H,1-2,5-6,10,15H2,(H,16,17,18). The van der Waals surface area contributed by atoms with E-state index < -0.39 is 0 Å². The minimum Gasteiger partial charge on any atom is -0.320 e. The van der Waals surface area contributed by atoms with Gasteiger partial charge in [-0.3, -0.25) is 4.79 Å². The molecule has 2 rings (SSSR count). The molecule has 4 nitrogen and oxygen atoms in total. The first-order chi connectivity index (χ1) is 8.79. The van der Waals surface area contributed by atoms with Gasteiger partial charge in [0.15, 0.2) is 0 Å². The van der Waals surface area contributed by atoms with Crippen LogP contribution in [0.1, 0.15) is 31.4 Å². The monoisotopic (exact) mass is 243 g/mol. The van der Waals surface area contributed by atoms with Crippen molar-refractivity contribution in [3.8, 4) is 11.8 Å². The number of rotatable bonds is 2. The summed E-state index contributed by atoms with van der Waals surface area (Å²) in [4.78, 5) is 16.2. The minimum absolute atomic E-state index is 0.0731. The van der Waals surface area contributed by atoms with Crippen LogP contribution < -0.4 is 11.1 Å². The van der Waals surface area contributed by atoms with Gasteiger partial charge >= 0.3 is 0 Å². The fourth-order valence-corrected chi connectivity index (χ4v) is 2.13. The Balaban J connectivity index is 2.02. The Morgan fingerprint density at radius 2 is 2.22 bits per heavy atom. The number of amides is 1. The van der Waals surface area contributed by atoms with Crippen LogP contribution in [-0.4, -0.2) is 17.4 Å². The number of hydrogen-bond donors (Lipinski definition) is 2. The first kappa shape index (κ1) is 12.6. The van der Waals surface area contributed by atoms with Gasteiger partial charge in [-0.05, 0) is 30.9 Å². The highest BCUT2D eigenvalue weighted by atomic mass is 16.1. The highest BCUT2D eigenvalue weighted by molar-refractivity contribution is 5.91. The Morgan fingerprint density at radius 3 is 2.94 bits per heavy atom. The SMILES string of the molecule is NCC#Cc1cccc(NC(=O)C2CCCC2)n1. The van der Waals surface area contributed by atoms with Crippen LogP contribution in [0.3, 0.4) is 0 Å². The molecule has 1 aromatic heterocycles. The number of aromatic nitrogens is 1. The lowest BCUT2D eigenvalue weighted by Crippen LogP contribution is -2.20. The normalized spacial score (nSPS) is 14.9. The molecule has 1 heterocycles. The van der Waals surface area contributed by atoms with Gasteiger partial charge in [0, 0.05) is 5.92 Å². The molecule has 4 heteroatoms. The van der Waals surface area contributed by atoms with Crippen molar-refractivity contribution in [3.05, 3.63) is 23.9 Å². The maximum Gasteiger partial charge on any atom is 0.228 e. The molecule has 0 atom stereocenters. The molecular weight excluding hydrogens is 226 g/mol. The Hall–Kier alpha value is -1.86.